The highest BCUT2D eigenvalue weighted by atomic mass is 19.2. The maximum atomic E-state index is 13.4. The van der Waals surface area contributed by atoms with E-state index in [0.717, 1.165) is 0 Å². The molecule has 0 aromatic heterocycles. The first-order valence-corrected chi connectivity index (χ1v) is 7.53. The predicted molar refractivity (Wildman–Crippen MR) is 80.8 cm³/mol. The lowest BCUT2D eigenvalue weighted by molar-refractivity contribution is -0.155. The first-order valence-electron chi connectivity index (χ1n) is 7.53. The van der Waals surface area contributed by atoms with Crippen LogP contribution in [-0.2, 0) is 9.53 Å². The van der Waals surface area contributed by atoms with Crippen molar-refractivity contribution in [2.24, 2.45) is 5.73 Å². The lowest BCUT2D eigenvalue weighted by Gasteiger charge is -2.22. The molecule has 3 N–H and O–H groups in total. The number of halogens is 4. The van der Waals surface area contributed by atoms with Gasteiger partial charge in [0.15, 0.2) is 17.4 Å². The lowest BCUT2D eigenvalue weighted by Crippen LogP contribution is -2.39. The molecule has 142 valence electrons. The molecule has 0 fully saturated rings. The van der Waals surface area contributed by atoms with E-state index < -0.39 is 59.3 Å². The van der Waals surface area contributed by atoms with E-state index in [2.05, 4.69) is 4.74 Å². The normalized spacial score (nSPS) is 14.1. The summed E-state index contributed by atoms with van der Waals surface area (Å²) in [6.07, 6.45) is -1.50. The number of carbonyl (C=O) groups excluding carboxylic acids is 1. The van der Waals surface area contributed by atoms with Gasteiger partial charge in [-0.2, -0.15) is 8.78 Å². The molecule has 0 heterocycles. The maximum absolute atomic E-state index is 13.4. The van der Waals surface area contributed by atoms with Crippen LogP contribution in [0.15, 0.2) is 6.07 Å². The number of ether oxygens (including phenoxy) is 2. The summed E-state index contributed by atoms with van der Waals surface area (Å²) in [6.45, 7) is 4.35. The van der Waals surface area contributed by atoms with Crippen molar-refractivity contribution < 1.29 is 36.9 Å². The van der Waals surface area contributed by atoms with Crippen LogP contribution < -0.4 is 10.5 Å². The minimum absolute atomic E-state index is 0.0158. The summed E-state index contributed by atoms with van der Waals surface area (Å²) >= 11 is 0. The van der Waals surface area contributed by atoms with E-state index >= 15 is 0 Å². The van der Waals surface area contributed by atoms with Gasteiger partial charge in [-0.05, 0) is 27.2 Å². The molecule has 5 nitrogen and oxygen atoms in total. The number of nitrogens with two attached hydrogens (primary N) is 1. The van der Waals surface area contributed by atoms with Crippen LogP contribution >= 0.6 is 0 Å². The molecule has 0 bridgehead atoms. The maximum Gasteiger partial charge on any atom is 0.306 e. The van der Waals surface area contributed by atoms with E-state index in [1.54, 1.807) is 20.8 Å². The molecule has 0 aliphatic carbocycles. The molecule has 25 heavy (non-hydrogen) atoms. The molecule has 0 saturated carbocycles. The molecule has 0 saturated heterocycles. The predicted octanol–water partition coefficient (Wildman–Crippen LogP) is 2.43. The SMILES string of the molecule is CC(C)(C)OC(=O)CC[C@H](N)C(O)COc1c(F)c(F)cc(F)c1F. The minimum Gasteiger partial charge on any atom is -0.485 e. The van der Waals surface area contributed by atoms with E-state index in [1.807, 2.05) is 0 Å². The van der Waals surface area contributed by atoms with Crippen molar-refractivity contribution >= 4 is 5.97 Å². The van der Waals surface area contributed by atoms with Crippen LogP contribution in [0.25, 0.3) is 0 Å². The Balaban J connectivity index is 2.57. The summed E-state index contributed by atoms with van der Waals surface area (Å²) in [5.74, 6) is -8.49. The van der Waals surface area contributed by atoms with E-state index in [0.29, 0.717) is 0 Å². The second kappa shape index (κ2) is 8.48. The van der Waals surface area contributed by atoms with Gasteiger partial charge in [0.25, 0.3) is 0 Å². The number of hydrogen-bond acceptors (Lipinski definition) is 5. The molecule has 1 unspecified atom stereocenters. The summed E-state index contributed by atoms with van der Waals surface area (Å²) in [6, 6.07) is -0.933. The lowest BCUT2D eigenvalue weighted by atomic mass is 10.1. The van der Waals surface area contributed by atoms with Gasteiger partial charge in [-0.15, -0.1) is 0 Å². The second-order valence-electron chi connectivity index (χ2n) is 6.46. The van der Waals surface area contributed by atoms with Gasteiger partial charge in [-0.1, -0.05) is 0 Å². The molecule has 0 aliphatic rings. The molecule has 1 aromatic rings. The van der Waals surface area contributed by atoms with Crippen molar-refractivity contribution in [2.45, 2.75) is 51.4 Å². The van der Waals surface area contributed by atoms with Crippen LogP contribution in [-0.4, -0.2) is 35.4 Å². The summed E-state index contributed by atoms with van der Waals surface area (Å²) in [7, 11) is 0. The van der Waals surface area contributed by atoms with Crippen molar-refractivity contribution in [1.29, 1.82) is 0 Å². The zero-order chi connectivity index (χ0) is 19.4. The van der Waals surface area contributed by atoms with E-state index in [1.165, 1.54) is 0 Å². The minimum atomic E-state index is -1.71. The average Bonchev–Trinajstić information content (AvgIpc) is 2.48. The van der Waals surface area contributed by atoms with Crippen molar-refractivity contribution in [3.05, 3.63) is 29.3 Å². The number of carbonyl (C=O) groups is 1. The van der Waals surface area contributed by atoms with Crippen LogP contribution in [0.2, 0.25) is 0 Å². The Kier molecular flexibility index (Phi) is 7.18. The van der Waals surface area contributed by atoms with Crippen molar-refractivity contribution in [3.63, 3.8) is 0 Å². The van der Waals surface area contributed by atoms with E-state index in [-0.39, 0.29) is 18.9 Å². The fourth-order valence-corrected chi connectivity index (χ4v) is 1.84. The zero-order valence-corrected chi connectivity index (χ0v) is 14.1. The molecule has 9 heteroatoms. The third-order valence-electron chi connectivity index (χ3n) is 3.07. The number of aliphatic hydroxyl groups excluding tert-OH is 1. The smallest absolute Gasteiger partial charge is 0.306 e. The number of esters is 1. The van der Waals surface area contributed by atoms with Gasteiger partial charge in [-0.3, -0.25) is 4.79 Å². The molecule has 0 aliphatic heterocycles. The van der Waals surface area contributed by atoms with Crippen LogP contribution in [0.5, 0.6) is 5.75 Å². The standard InChI is InChI=1S/C16H21F4NO4/c1-16(2,3)25-12(23)5-4-10(21)11(22)7-24-15-13(19)8(17)6-9(18)14(15)20/h6,10-11,22H,4-5,7,21H2,1-3H3/t10-,11?/m0/s1. The monoisotopic (exact) mass is 367 g/mol. The Morgan fingerprint density at radius 3 is 2.20 bits per heavy atom. The number of benzene rings is 1. The Morgan fingerprint density at radius 1 is 1.20 bits per heavy atom. The summed E-state index contributed by atoms with van der Waals surface area (Å²) in [5, 5.41) is 9.81. The molecule has 0 amide bonds. The van der Waals surface area contributed by atoms with Crippen molar-refractivity contribution in [3.8, 4) is 5.75 Å². The number of hydrogen-bond donors (Lipinski definition) is 2. The highest BCUT2D eigenvalue weighted by Gasteiger charge is 2.24. The number of aliphatic hydroxyl groups is 1. The van der Waals surface area contributed by atoms with E-state index in [4.69, 9.17) is 10.5 Å². The number of rotatable bonds is 7. The summed E-state index contributed by atoms with van der Waals surface area (Å²) in [4.78, 5) is 11.6. The van der Waals surface area contributed by atoms with Gasteiger partial charge >= 0.3 is 5.97 Å². The summed E-state index contributed by atoms with van der Waals surface area (Å²) < 4.78 is 62.6. The Bertz CT molecular complexity index is 593. The van der Waals surface area contributed by atoms with Gasteiger partial charge in [-0.25, -0.2) is 8.78 Å². The Morgan fingerprint density at radius 2 is 1.72 bits per heavy atom. The molecule has 2 atom stereocenters. The quantitative estimate of drug-likeness (QED) is 0.439. The van der Waals surface area contributed by atoms with Gasteiger partial charge < -0.3 is 20.3 Å². The fraction of sp³-hybridized carbons (Fsp3) is 0.562. The van der Waals surface area contributed by atoms with Gasteiger partial charge in [0, 0.05) is 18.5 Å². The fourth-order valence-electron chi connectivity index (χ4n) is 1.84. The van der Waals surface area contributed by atoms with Gasteiger partial charge in [0.1, 0.15) is 18.3 Å². The largest absolute Gasteiger partial charge is 0.485 e. The summed E-state index contributed by atoms with van der Waals surface area (Å²) in [5.41, 5.74) is 4.99. The van der Waals surface area contributed by atoms with Crippen LogP contribution in [0.3, 0.4) is 0 Å². The van der Waals surface area contributed by atoms with Crippen molar-refractivity contribution in [2.75, 3.05) is 6.61 Å². The van der Waals surface area contributed by atoms with Crippen LogP contribution in [0.1, 0.15) is 33.6 Å². The molecular weight excluding hydrogens is 346 g/mol. The molecular formula is C16H21F4NO4. The average molecular weight is 367 g/mol. The van der Waals surface area contributed by atoms with E-state index in [9.17, 15) is 27.5 Å². The first kappa shape index (κ1) is 21.2. The third-order valence-corrected chi connectivity index (χ3v) is 3.07. The highest BCUT2D eigenvalue weighted by molar-refractivity contribution is 5.69. The van der Waals surface area contributed by atoms with Gasteiger partial charge in [0.05, 0.1) is 0 Å². The molecule has 1 rings (SSSR count). The Labute approximate surface area is 142 Å². The van der Waals surface area contributed by atoms with Crippen molar-refractivity contribution in [1.82, 2.24) is 0 Å². The molecule has 0 radical (unpaired) electrons. The Hall–Kier alpha value is -1.87. The topological polar surface area (TPSA) is 81.8 Å². The third kappa shape index (κ3) is 6.50. The molecule has 1 aromatic carbocycles. The van der Waals surface area contributed by atoms with Gasteiger partial charge in [0.2, 0.25) is 11.6 Å². The van der Waals surface area contributed by atoms with Crippen LogP contribution in [0, 0.1) is 23.3 Å². The first-order chi connectivity index (χ1) is 11.4. The second-order valence-corrected chi connectivity index (χ2v) is 6.46. The van der Waals surface area contributed by atoms with Crippen LogP contribution in [0.4, 0.5) is 17.6 Å². The molecule has 0 spiro atoms. The highest BCUT2D eigenvalue weighted by Crippen LogP contribution is 2.26. The zero-order valence-electron chi connectivity index (χ0n) is 14.1.